The van der Waals surface area contributed by atoms with Gasteiger partial charge in [-0.3, -0.25) is 0 Å². The van der Waals surface area contributed by atoms with Gasteiger partial charge in [0.1, 0.15) is 0 Å². The average molecular weight is 206 g/mol. The molecule has 0 spiro atoms. The topological polar surface area (TPSA) is 38.5 Å². The van der Waals surface area contributed by atoms with Gasteiger partial charge in [0, 0.05) is 37.5 Å². The molecule has 1 heterocycles. The number of hydrogen-bond acceptors (Lipinski definition) is 3. The molecule has 2 N–H and O–H groups in total. The van der Waals surface area contributed by atoms with E-state index in [1.54, 1.807) is 7.11 Å². The molecule has 1 aromatic rings. The van der Waals surface area contributed by atoms with Gasteiger partial charge in [-0.2, -0.15) is 0 Å². The van der Waals surface area contributed by atoms with Crippen LogP contribution < -0.4 is 10.6 Å². The minimum absolute atomic E-state index is 0.320. The molecule has 1 fully saturated rings. The van der Waals surface area contributed by atoms with Gasteiger partial charge >= 0.3 is 0 Å². The van der Waals surface area contributed by atoms with Crippen LogP contribution >= 0.6 is 0 Å². The van der Waals surface area contributed by atoms with Gasteiger partial charge in [-0.25, -0.2) is 0 Å². The van der Waals surface area contributed by atoms with Gasteiger partial charge in [-0.1, -0.05) is 18.2 Å². The van der Waals surface area contributed by atoms with Gasteiger partial charge in [0.2, 0.25) is 0 Å². The van der Waals surface area contributed by atoms with Crippen molar-refractivity contribution in [3.8, 4) is 0 Å². The van der Waals surface area contributed by atoms with Crippen LogP contribution in [0.5, 0.6) is 0 Å². The smallest absolute Gasteiger partial charge is 0.0733 e. The highest BCUT2D eigenvalue weighted by molar-refractivity contribution is 5.54. The van der Waals surface area contributed by atoms with Crippen molar-refractivity contribution in [2.24, 2.45) is 5.73 Å². The number of para-hydroxylation sites is 1. The standard InChI is InChI=1S/C12H18N2O/c1-15-9-10-4-2-3-5-12(10)14-7-6-11(13)8-14/h2-5,11H,6-9,13H2,1H3. The first-order valence-corrected chi connectivity index (χ1v) is 5.38. The van der Waals surface area contributed by atoms with Crippen LogP contribution in [0.1, 0.15) is 12.0 Å². The third-order valence-electron chi connectivity index (χ3n) is 2.86. The molecule has 0 amide bonds. The second-order valence-electron chi connectivity index (χ2n) is 4.06. The highest BCUT2D eigenvalue weighted by Crippen LogP contribution is 2.24. The Morgan fingerprint density at radius 3 is 2.93 bits per heavy atom. The van der Waals surface area contributed by atoms with Crippen LogP contribution in [0.2, 0.25) is 0 Å². The van der Waals surface area contributed by atoms with Gasteiger partial charge in [0.25, 0.3) is 0 Å². The molecule has 1 atom stereocenters. The fourth-order valence-corrected chi connectivity index (χ4v) is 2.10. The molecule has 1 aliphatic rings. The zero-order valence-corrected chi connectivity index (χ0v) is 9.15. The van der Waals surface area contributed by atoms with Crippen molar-refractivity contribution in [1.82, 2.24) is 0 Å². The Hall–Kier alpha value is -1.06. The number of nitrogens with zero attached hydrogens (tertiary/aromatic N) is 1. The molecule has 2 rings (SSSR count). The Bertz CT molecular complexity index is 327. The summed E-state index contributed by atoms with van der Waals surface area (Å²) in [4.78, 5) is 2.35. The summed E-state index contributed by atoms with van der Waals surface area (Å²) in [6, 6.07) is 8.70. The van der Waals surface area contributed by atoms with Crippen molar-refractivity contribution in [3.05, 3.63) is 29.8 Å². The van der Waals surface area contributed by atoms with E-state index in [4.69, 9.17) is 10.5 Å². The Morgan fingerprint density at radius 2 is 2.27 bits per heavy atom. The lowest BCUT2D eigenvalue weighted by atomic mass is 10.1. The number of nitrogens with two attached hydrogens (primary N) is 1. The number of hydrogen-bond donors (Lipinski definition) is 1. The first-order chi connectivity index (χ1) is 7.31. The summed E-state index contributed by atoms with van der Waals surface area (Å²) >= 11 is 0. The summed E-state index contributed by atoms with van der Waals surface area (Å²) in [6.45, 7) is 2.69. The van der Waals surface area contributed by atoms with Crippen molar-refractivity contribution in [2.45, 2.75) is 19.1 Å². The first-order valence-electron chi connectivity index (χ1n) is 5.38. The highest BCUT2D eigenvalue weighted by Gasteiger charge is 2.20. The Morgan fingerprint density at radius 1 is 1.47 bits per heavy atom. The summed E-state index contributed by atoms with van der Waals surface area (Å²) in [5.74, 6) is 0. The predicted molar refractivity (Wildman–Crippen MR) is 62.0 cm³/mol. The maximum Gasteiger partial charge on any atom is 0.0733 e. The molecule has 82 valence electrons. The lowest BCUT2D eigenvalue weighted by molar-refractivity contribution is 0.185. The van der Waals surface area contributed by atoms with Crippen molar-refractivity contribution in [2.75, 3.05) is 25.1 Å². The number of anilines is 1. The van der Waals surface area contributed by atoms with E-state index in [0.717, 1.165) is 19.5 Å². The van der Waals surface area contributed by atoms with E-state index in [-0.39, 0.29) is 0 Å². The van der Waals surface area contributed by atoms with Crippen LogP contribution in [0.15, 0.2) is 24.3 Å². The van der Waals surface area contributed by atoms with E-state index in [2.05, 4.69) is 23.1 Å². The van der Waals surface area contributed by atoms with Gasteiger partial charge < -0.3 is 15.4 Å². The Labute approximate surface area is 90.8 Å². The molecule has 0 saturated carbocycles. The van der Waals surface area contributed by atoms with Crippen LogP contribution in [-0.4, -0.2) is 26.2 Å². The van der Waals surface area contributed by atoms with Crippen LogP contribution in [0.4, 0.5) is 5.69 Å². The zero-order valence-electron chi connectivity index (χ0n) is 9.15. The van der Waals surface area contributed by atoms with Crippen molar-refractivity contribution in [1.29, 1.82) is 0 Å². The molecule has 15 heavy (non-hydrogen) atoms. The average Bonchev–Trinajstić information content (AvgIpc) is 2.66. The van der Waals surface area contributed by atoms with Crippen LogP contribution in [-0.2, 0) is 11.3 Å². The monoisotopic (exact) mass is 206 g/mol. The predicted octanol–water partition coefficient (Wildman–Crippen LogP) is 1.37. The molecule has 0 aromatic heterocycles. The molecule has 3 nitrogen and oxygen atoms in total. The molecule has 1 aliphatic heterocycles. The van der Waals surface area contributed by atoms with Crippen LogP contribution in [0.25, 0.3) is 0 Å². The number of ether oxygens (including phenoxy) is 1. The normalized spacial score (nSPS) is 20.9. The molecule has 0 radical (unpaired) electrons. The summed E-state index contributed by atoms with van der Waals surface area (Å²) < 4.78 is 5.20. The second kappa shape index (κ2) is 4.64. The fraction of sp³-hybridized carbons (Fsp3) is 0.500. The van der Waals surface area contributed by atoms with Gasteiger partial charge in [-0.15, -0.1) is 0 Å². The van der Waals surface area contributed by atoms with E-state index in [1.165, 1.54) is 11.3 Å². The Balaban J connectivity index is 2.19. The zero-order chi connectivity index (χ0) is 10.7. The molecule has 3 heteroatoms. The first kappa shape index (κ1) is 10.5. The SMILES string of the molecule is COCc1ccccc1N1CCC(N)C1. The molecular formula is C12H18N2O. The van der Waals surface area contributed by atoms with E-state index < -0.39 is 0 Å². The van der Waals surface area contributed by atoms with E-state index >= 15 is 0 Å². The maximum absolute atomic E-state index is 5.91. The van der Waals surface area contributed by atoms with Crippen molar-refractivity contribution >= 4 is 5.69 Å². The third kappa shape index (κ3) is 2.30. The number of benzene rings is 1. The van der Waals surface area contributed by atoms with E-state index in [9.17, 15) is 0 Å². The minimum Gasteiger partial charge on any atom is -0.380 e. The number of rotatable bonds is 3. The quantitative estimate of drug-likeness (QED) is 0.811. The summed E-state index contributed by atoms with van der Waals surface area (Å²) in [5, 5.41) is 0. The fourth-order valence-electron chi connectivity index (χ4n) is 2.10. The lowest BCUT2D eigenvalue weighted by Crippen LogP contribution is -2.26. The van der Waals surface area contributed by atoms with Gasteiger partial charge in [0.15, 0.2) is 0 Å². The summed E-state index contributed by atoms with van der Waals surface area (Å²) in [7, 11) is 1.73. The second-order valence-corrected chi connectivity index (χ2v) is 4.06. The number of methoxy groups -OCH3 is 1. The summed E-state index contributed by atoms with van der Waals surface area (Å²) in [6.07, 6.45) is 1.08. The van der Waals surface area contributed by atoms with Crippen LogP contribution in [0.3, 0.4) is 0 Å². The molecule has 0 aliphatic carbocycles. The largest absolute Gasteiger partial charge is 0.380 e. The molecule has 0 bridgehead atoms. The van der Waals surface area contributed by atoms with Gasteiger partial charge in [-0.05, 0) is 12.5 Å². The molecule has 1 unspecified atom stereocenters. The Kier molecular flexibility index (Phi) is 3.23. The van der Waals surface area contributed by atoms with Crippen LogP contribution in [0, 0.1) is 0 Å². The third-order valence-corrected chi connectivity index (χ3v) is 2.86. The van der Waals surface area contributed by atoms with Crippen molar-refractivity contribution in [3.63, 3.8) is 0 Å². The van der Waals surface area contributed by atoms with Crippen molar-refractivity contribution < 1.29 is 4.74 Å². The molecule has 1 saturated heterocycles. The van der Waals surface area contributed by atoms with E-state index in [1.807, 2.05) is 6.07 Å². The summed E-state index contributed by atoms with van der Waals surface area (Å²) in [5.41, 5.74) is 8.43. The highest BCUT2D eigenvalue weighted by atomic mass is 16.5. The molecule has 1 aromatic carbocycles. The maximum atomic E-state index is 5.91. The minimum atomic E-state index is 0.320. The van der Waals surface area contributed by atoms with Gasteiger partial charge in [0.05, 0.1) is 6.61 Å². The van der Waals surface area contributed by atoms with E-state index in [0.29, 0.717) is 12.6 Å². The molecular weight excluding hydrogens is 188 g/mol. The lowest BCUT2D eigenvalue weighted by Gasteiger charge is -2.21.